The summed E-state index contributed by atoms with van der Waals surface area (Å²) in [5.41, 5.74) is 5.98. The summed E-state index contributed by atoms with van der Waals surface area (Å²) in [4.78, 5) is 27.5. The van der Waals surface area contributed by atoms with Gasteiger partial charge in [0.25, 0.3) is 11.6 Å². The summed E-state index contributed by atoms with van der Waals surface area (Å²) in [6, 6.07) is 13.6. The summed E-state index contributed by atoms with van der Waals surface area (Å²) >= 11 is 0. The first-order valence-corrected chi connectivity index (χ1v) is 8.47. The lowest BCUT2D eigenvalue weighted by atomic mass is 10.2. The number of rotatable bonds is 4. The number of aromatic nitrogens is 3. The molecule has 0 saturated carbocycles. The molecule has 28 heavy (non-hydrogen) atoms. The molecule has 4 aromatic rings. The van der Waals surface area contributed by atoms with Gasteiger partial charge in [0.15, 0.2) is 0 Å². The molecule has 9 nitrogen and oxygen atoms in total. The molecule has 0 aliphatic heterocycles. The number of nitro groups is 1. The lowest BCUT2D eigenvalue weighted by Crippen LogP contribution is -2.20. The number of imidazole rings is 2. The maximum atomic E-state index is 12.7. The van der Waals surface area contributed by atoms with E-state index in [0.29, 0.717) is 22.7 Å². The van der Waals surface area contributed by atoms with Gasteiger partial charge in [0.05, 0.1) is 27.9 Å². The largest absolute Gasteiger partial charge is 0.313 e. The van der Waals surface area contributed by atoms with Crippen molar-refractivity contribution in [2.24, 2.45) is 12.1 Å². The zero-order valence-corrected chi connectivity index (χ0v) is 15.2. The third kappa shape index (κ3) is 2.78. The molecule has 0 spiro atoms. The molecular weight excluding hydrogens is 360 g/mol. The second-order valence-corrected chi connectivity index (χ2v) is 6.28. The van der Waals surface area contributed by atoms with Gasteiger partial charge in [-0.3, -0.25) is 19.3 Å². The van der Waals surface area contributed by atoms with E-state index in [-0.39, 0.29) is 11.6 Å². The van der Waals surface area contributed by atoms with Crippen molar-refractivity contribution in [3.8, 4) is 0 Å². The van der Waals surface area contributed by atoms with Crippen molar-refractivity contribution < 1.29 is 9.72 Å². The number of carbonyl (C=O) groups is 1. The van der Waals surface area contributed by atoms with Crippen LogP contribution in [-0.2, 0) is 7.05 Å². The number of hydrazone groups is 1. The third-order valence-corrected chi connectivity index (χ3v) is 4.52. The summed E-state index contributed by atoms with van der Waals surface area (Å²) in [7, 11) is 1.90. The monoisotopic (exact) mass is 376 g/mol. The first-order valence-electron chi connectivity index (χ1n) is 8.47. The minimum Gasteiger partial charge on any atom is -0.313 e. The van der Waals surface area contributed by atoms with Crippen molar-refractivity contribution in [1.29, 1.82) is 0 Å². The Morgan fingerprint density at radius 1 is 1.18 bits per heavy atom. The van der Waals surface area contributed by atoms with E-state index in [1.807, 2.05) is 35.9 Å². The zero-order valence-electron chi connectivity index (χ0n) is 15.2. The highest BCUT2D eigenvalue weighted by molar-refractivity contribution is 5.97. The minimum atomic E-state index is -0.472. The van der Waals surface area contributed by atoms with Gasteiger partial charge in [-0.15, -0.1) is 0 Å². The Morgan fingerprint density at radius 2 is 1.86 bits per heavy atom. The van der Waals surface area contributed by atoms with Crippen molar-refractivity contribution in [2.45, 2.75) is 6.92 Å². The van der Waals surface area contributed by atoms with E-state index in [2.05, 4.69) is 15.5 Å². The SMILES string of the molecule is Cc1nc2n(C)c3ccccc3n2c1C(=O)N/N=C\c1ccc([N+](=O)[O-])cc1. The van der Waals surface area contributed by atoms with Crippen molar-refractivity contribution in [3.63, 3.8) is 0 Å². The molecular formula is C19H16N6O3. The standard InChI is InChI=1S/C19H16N6O3/c1-12-17(24-16-6-4-3-5-15(16)23(2)19(24)21-12)18(26)22-20-11-13-7-9-14(10-8-13)25(27)28/h3-11H,1-2H3,(H,22,26)/b20-11-. The molecule has 140 valence electrons. The Balaban J connectivity index is 1.63. The fourth-order valence-corrected chi connectivity index (χ4v) is 3.18. The van der Waals surface area contributed by atoms with Crippen LogP contribution >= 0.6 is 0 Å². The van der Waals surface area contributed by atoms with Gasteiger partial charge in [-0.1, -0.05) is 12.1 Å². The van der Waals surface area contributed by atoms with Gasteiger partial charge in [-0.2, -0.15) is 5.10 Å². The van der Waals surface area contributed by atoms with Crippen LogP contribution in [0.3, 0.4) is 0 Å². The second-order valence-electron chi connectivity index (χ2n) is 6.28. The highest BCUT2D eigenvalue weighted by atomic mass is 16.6. The first kappa shape index (κ1) is 17.4. The van der Waals surface area contributed by atoms with E-state index in [1.165, 1.54) is 18.3 Å². The molecule has 0 fully saturated rings. The van der Waals surface area contributed by atoms with Gasteiger partial charge < -0.3 is 4.57 Å². The number of benzene rings is 2. The van der Waals surface area contributed by atoms with E-state index in [0.717, 1.165) is 11.0 Å². The molecule has 0 bridgehead atoms. The minimum absolute atomic E-state index is 0.00517. The number of aryl methyl sites for hydroxylation is 2. The summed E-state index contributed by atoms with van der Waals surface area (Å²) in [6.45, 7) is 1.77. The van der Waals surface area contributed by atoms with Crippen LogP contribution in [0.1, 0.15) is 21.7 Å². The first-order chi connectivity index (χ1) is 13.5. The molecule has 2 aromatic carbocycles. The average Bonchev–Trinajstić information content (AvgIpc) is 3.16. The average molecular weight is 376 g/mol. The smallest absolute Gasteiger partial charge is 0.290 e. The number of hydrogen-bond acceptors (Lipinski definition) is 5. The number of non-ortho nitro benzene ring substituents is 1. The van der Waals surface area contributed by atoms with E-state index in [4.69, 9.17) is 0 Å². The molecule has 4 rings (SSSR count). The number of nitro benzene ring substituents is 1. The Morgan fingerprint density at radius 3 is 2.54 bits per heavy atom. The van der Waals surface area contributed by atoms with Gasteiger partial charge in [-0.25, -0.2) is 10.4 Å². The molecule has 0 radical (unpaired) electrons. The summed E-state index contributed by atoms with van der Waals surface area (Å²) in [5.74, 6) is 0.280. The lowest BCUT2D eigenvalue weighted by Gasteiger charge is -2.01. The molecule has 0 atom stereocenters. The number of nitrogens with one attached hydrogen (secondary N) is 1. The van der Waals surface area contributed by atoms with Crippen molar-refractivity contribution in [2.75, 3.05) is 0 Å². The van der Waals surface area contributed by atoms with E-state index in [1.54, 1.807) is 23.5 Å². The summed E-state index contributed by atoms with van der Waals surface area (Å²) in [6.07, 6.45) is 1.43. The number of amides is 1. The second kappa shape index (κ2) is 6.62. The number of para-hydroxylation sites is 2. The van der Waals surface area contributed by atoms with Crippen LogP contribution in [0, 0.1) is 17.0 Å². The van der Waals surface area contributed by atoms with Crippen molar-refractivity contribution in [1.82, 2.24) is 19.4 Å². The van der Waals surface area contributed by atoms with Crippen LogP contribution in [0.5, 0.6) is 0 Å². The van der Waals surface area contributed by atoms with Crippen LogP contribution in [0.25, 0.3) is 16.8 Å². The third-order valence-electron chi connectivity index (χ3n) is 4.52. The van der Waals surface area contributed by atoms with Crippen LogP contribution in [0.2, 0.25) is 0 Å². The Bertz CT molecular complexity index is 1250. The maximum absolute atomic E-state index is 12.7. The van der Waals surface area contributed by atoms with Gasteiger partial charge >= 0.3 is 0 Å². The predicted molar refractivity (Wildman–Crippen MR) is 105 cm³/mol. The predicted octanol–water partition coefficient (Wildman–Crippen LogP) is 2.81. The van der Waals surface area contributed by atoms with Crippen molar-refractivity contribution in [3.05, 3.63) is 75.6 Å². The van der Waals surface area contributed by atoms with Crippen LogP contribution in [-0.4, -0.2) is 31.0 Å². The number of nitrogens with zero attached hydrogens (tertiary/aromatic N) is 5. The summed E-state index contributed by atoms with van der Waals surface area (Å²) < 4.78 is 3.74. The topological polar surface area (TPSA) is 107 Å². The highest BCUT2D eigenvalue weighted by Gasteiger charge is 2.21. The molecule has 9 heteroatoms. The van der Waals surface area contributed by atoms with Gasteiger partial charge in [-0.05, 0) is 36.8 Å². The van der Waals surface area contributed by atoms with E-state index in [9.17, 15) is 14.9 Å². The fraction of sp³-hybridized carbons (Fsp3) is 0.105. The number of fused-ring (bicyclic) bond motifs is 3. The van der Waals surface area contributed by atoms with Crippen molar-refractivity contribution >= 4 is 34.6 Å². The van der Waals surface area contributed by atoms with Gasteiger partial charge in [0, 0.05) is 19.2 Å². The molecule has 1 N–H and O–H groups in total. The zero-order chi connectivity index (χ0) is 19.8. The molecule has 1 amide bonds. The quantitative estimate of drug-likeness (QED) is 0.336. The number of hydrogen-bond donors (Lipinski definition) is 1. The highest BCUT2D eigenvalue weighted by Crippen LogP contribution is 2.23. The molecule has 2 aromatic heterocycles. The normalized spacial score (nSPS) is 11.5. The lowest BCUT2D eigenvalue weighted by molar-refractivity contribution is -0.384. The van der Waals surface area contributed by atoms with Crippen LogP contribution in [0.15, 0.2) is 53.6 Å². The van der Waals surface area contributed by atoms with Gasteiger partial charge in [0.1, 0.15) is 5.69 Å². The molecule has 0 saturated heterocycles. The van der Waals surface area contributed by atoms with Crippen LogP contribution < -0.4 is 5.43 Å². The Kier molecular flexibility index (Phi) is 4.11. The molecule has 0 aliphatic carbocycles. The van der Waals surface area contributed by atoms with Crippen LogP contribution in [0.4, 0.5) is 5.69 Å². The Labute approximate surface area is 159 Å². The maximum Gasteiger partial charge on any atom is 0.290 e. The van der Waals surface area contributed by atoms with E-state index < -0.39 is 4.92 Å². The summed E-state index contributed by atoms with van der Waals surface area (Å²) in [5, 5.41) is 14.7. The molecule has 2 heterocycles. The fourth-order valence-electron chi connectivity index (χ4n) is 3.18. The molecule has 0 aliphatic rings. The Hall–Kier alpha value is -4.01. The number of carbonyl (C=O) groups excluding carboxylic acids is 1. The molecule has 0 unspecified atom stereocenters. The van der Waals surface area contributed by atoms with Gasteiger partial charge in [0.2, 0.25) is 5.78 Å². The van der Waals surface area contributed by atoms with E-state index >= 15 is 0 Å².